The molecular weight excluding hydrogens is 306 g/mol. The smallest absolute Gasteiger partial charge is 0.245 e. The quantitative estimate of drug-likeness (QED) is 0.628. The first-order valence-electron chi connectivity index (χ1n) is 7.44. The van der Waals surface area contributed by atoms with Crippen molar-refractivity contribution in [3.8, 4) is 0 Å². The van der Waals surface area contributed by atoms with Crippen LogP contribution in [0, 0.1) is 6.92 Å². The van der Waals surface area contributed by atoms with E-state index in [1.54, 1.807) is 11.0 Å². The van der Waals surface area contributed by atoms with Crippen LogP contribution in [0.25, 0.3) is 0 Å². The van der Waals surface area contributed by atoms with Crippen LogP contribution in [-0.4, -0.2) is 16.9 Å². The summed E-state index contributed by atoms with van der Waals surface area (Å²) in [5.41, 5.74) is 2.53. The van der Waals surface area contributed by atoms with Crippen molar-refractivity contribution in [2.75, 3.05) is 4.90 Å². The molecule has 1 aliphatic heterocycles. The minimum absolute atomic E-state index is 0.00385. The third kappa shape index (κ3) is 3.22. The molecule has 2 aromatic rings. The number of hydrogen-bond acceptors (Lipinski definition) is 3. The van der Waals surface area contributed by atoms with Gasteiger partial charge in [-0.2, -0.15) is 0 Å². The molecule has 1 aliphatic rings. The van der Waals surface area contributed by atoms with Crippen molar-refractivity contribution in [1.29, 1.82) is 0 Å². The predicted octanol–water partition coefficient (Wildman–Crippen LogP) is 4.19. The zero-order chi connectivity index (χ0) is 16.4. The maximum Gasteiger partial charge on any atom is 0.245 e. The molecule has 1 amide bonds. The van der Waals surface area contributed by atoms with Gasteiger partial charge in [-0.05, 0) is 26.0 Å². The number of nitrogens with zero attached hydrogens (tertiary/aromatic N) is 1. The number of ketones is 1. The molecule has 2 aromatic carbocycles. The van der Waals surface area contributed by atoms with Crippen molar-refractivity contribution in [2.45, 2.75) is 19.1 Å². The molecule has 1 unspecified atom stereocenters. The van der Waals surface area contributed by atoms with Gasteiger partial charge in [0, 0.05) is 17.3 Å². The molecule has 4 heteroatoms. The summed E-state index contributed by atoms with van der Waals surface area (Å²) < 4.78 is 0. The van der Waals surface area contributed by atoms with Gasteiger partial charge in [-0.3, -0.25) is 14.5 Å². The number of carbonyl (C=O) groups excluding carboxylic acids is 2. The lowest BCUT2D eigenvalue weighted by Gasteiger charge is -2.17. The van der Waals surface area contributed by atoms with Gasteiger partial charge in [0.2, 0.25) is 5.91 Å². The van der Waals surface area contributed by atoms with Crippen LogP contribution in [0.4, 0.5) is 5.69 Å². The molecule has 0 aromatic heterocycles. The Balaban J connectivity index is 1.94. The summed E-state index contributed by atoms with van der Waals surface area (Å²) in [6.07, 6.45) is 1.56. The highest BCUT2D eigenvalue weighted by Gasteiger charge is 2.35. The highest BCUT2D eigenvalue weighted by atomic mass is 32.2. The lowest BCUT2D eigenvalue weighted by molar-refractivity contribution is -0.116. The second kappa shape index (κ2) is 6.42. The van der Waals surface area contributed by atoms with Gasteiger partial charge in [0.1, 0.15) is 0 Å². The fourth-order valence-corrected chi connectivity index (χ4v) is 3.46. The molecule has 116 valence electrons. The minimum Gasteiger partial charge on any atom is -0.289 e. The van der Waals surface area contributed by atoms with E-state index >= 15 is 0 Å². The number of amides is 1. The fourth-order valence-electron chi connectivity index (χ4n) is 2.42. The normalized spacial score (nSPS) is 19.4. The maximum absolute atomic E-state index is 12.5. The van der Waals surface area contributed by atoms with E-state index in [4.69, 9.17) is 0 Å². The first kappa shape index (κ1) is 15.6. The number of thioether (sulfide) groups is 1. The van der Waals surface area contributed by atoms with E-state index in [1.165, 1.54) is 11.8 Å². The van der Waals surface area contributed by atoms with E-state index < -0.39 is 0 Å². The van der Waals surface area contributed by atoms with Crippen molar-refractivity contribution in [2.24, 2.45) is 0 Å². The maximum atomic E-state index is 12.5. The Morgan fingerprint density at radius 1 is 1.09 bits per heavy atom. The number of para-hydroxylation sites is 1. The van der Waals surface area contributed by atoms with Gasteiger partial charge < -0.3 is 0 Å². The SMILES string of the molecule is Cc1ccc(C(=O)/C=C2\SC(C)C(=O)N2c2ccccc2)cc1. The molecule has 3 nitrogen and oxygen atoms in total. The Kier molecular flexibility index (Phi) is 4.35. The molecule has 23 heavy (non-hydrogen) atoms. The summed E-state index contributed by atoms with van der Waals surface area (Å²) in [7, 11) is 0. The summed E-state index contributed by atoms with van der Waals surface area (Å²) >= 11 is 1.42. The first-order chi connectivity index (χ1) is 11.1. The molecule has 1 fully saturated rings. The van der Waals surface area contributed by atoms with Crippen LogP contribution in [-0.2, 0) is 4.79 Å². The molecule has 3 rings (SSSR count). The van der Waals surface area contributed by atoms with Crippen molar-refractivity contribution >= 4 is 29.1 Å². The molecule has 0 saturated carbocycles. The number of benzene rings is 2. The van der Waals surface area contributed by atoms with E-state index in [9.17, 15) is 9.59 Å². The summed E-state index contributed by atoms with van der Waals surface area (Å²) in [6, 6.07) is 16.9. The predicted molar refractivity (Wildman–Crippen MR) is 94.6 cm³/mol. The second-order valence-electron chi connectivity index (χ2n) is 5.48. The van der Waals surface area contributed by atoms with Crippen LogP contribution in [0.3, 0.4) is 0 Å². The van der Waals surface area contributed by atoms with Gasteiger partial charge in [0.05, 0.1) is 10.3 Å². The van der Waals surface area contributed by atoms with Crippen molar-refractivity contribution in [1.82, 2.24) is 0 Å². The van der Waals surface area contributed by atoms with Gasteiger partial charge in [0.15, 0.2) is 5.78 Å². The number of allylic oxidation sites excluding steroid dienone is 1. The summed E-state index contributed by atoms with van der Waals surface area (Å²) in [6.45, 7) is 3.84. The molecule has 1 atom stereocenters. The Hall–Kier alpha value is -2.33. The van der Waals surface area contributed by atoms with Crippen LogP contribution in [0.5, 0.6) is 0 Å². The Morgan fingerprint density at radius 2 is 1.74 bits per heavy atom. The van der Waals surface area contributed by atoms with E-state index in [2.05, 4.69) is 0 Å². The van der Waals surface area contributed by atoms with Crippen molar-refractivity contribution in [3.63, 3.8) is 0 Å². The zero-order valence-corrected chi connectivity index (χ0v) is 13.8. The van der Waals surface area contributed by atoms with Crippen LogP contribution < -0.4 is 4.90 Å². The molecular formula is C19H17NO2S. The fraction of sp³-hybridized carbons (Fsp3) is 0.158. The van der Waals surface area contributed by atoms with Gasteiger partial charge in [0.25, 0.3) is 0 Å². The number of aryl methyl sites for hydroxylation is 1. The van der Waals surface area contributed by atoms with Crippen LogP contribution in [0.15, 0.2) is 65.7 Å². The molecule has 0 aliphatic carbocycles. The van der Waals surface area contributed by atoms with Gasteiger partial charge in [-0.25, -0.2) is 0 Å². The summed E-state index contributed by atoms with van der Waals surface area (Å²) in [4.78, 5) is 26.5. The lowest BCUT2D eigenvalue weighted by Crippen LogP contribution is -2.27. The third-order valence-corrected chi connectivity index (χ3v) is 4.79. The topological polar surface area (TPSA) is 37.4 Å². The van der Waals surface area contributed by atoms with Crippen LogP contribution in [0.1, 0.15) is 22.8 Å². The average molecular weight is 323 g/mol. The van der Waals surface area contributed by atoms with Crippen LogP contribution >= 0.6 is 11.8 Å². The van der Waals surface area contributed by atoms with Crippen LogP contribution in [0.2, 0.25) is 0 Å². The van der Waals surface area contributed by atoms with E-state index in [0.717, 1.165) is 11.3 Å². The Bertz CT molecular complexity index is 766. The van der Waals surface area contributed by atoms with Crippen molar-refractivity contribution in [3.05, 3.63) is 76.8 Å². The number of carbonyl (C=O) groups is 2. The highest BCUT2D eigenvalue weighted by molar-refractivity contribution is 8.05. The molecule has 1 saturated heterocycles. The Morgan fingerprint density at radius 3 is 2.39 bits per heavy atom. The molecule has 0 bridgehead atoms. The minimum atomic E-state index is -0.188. The highest BCUT2D eigenvalue weighted by Crippen LogP contribution is 2.38. The molecule has 0 spiro atoms. The Labute approximate surface area is 140 Å². The van der Waals surface area contributed by atoms with Gasteiger partial charge in [-0.1, -0.05) is 59.8 Å². The van der Waals surface area contributed by atoms with E-state index in [1.807, 2.05) is 68.4 Å². The average Bonchev–Trinajstić information content (AvgIpc) is 2.83. The monoisotopic (exact) mass is 323 g/mol. The van der Waals surface area contributed by atoms with Gasteiger partial charge >= 0.3 is 0 Å². The number of rotatable bonds is 3. The largest absolute Gasteiger partial charge is 0.289 e. The summed E-state index contributed by atoms with van der Waals surface area (Å²) in [5, 5.41) is 0.492. The van der Waals surface area contributed by atoms with Crippen molar-refractivity contribution < 1.29 is 9.59 Å². The number of anilines is 1. The van der Waals surface area contributed by atoms with E-state index in [-0.39, 0.29) is 16.9 Å². The lowest BCUT2D eigenvalue weighted by atomic mass is 10.1. The number of hydrogen-bond donors (Lipinski definition) is 0. The third-order valence-electron chi connectivity index (χ3n) is 3.69. The standard InChI is InChI=1S/C19H17NO2S/c1-13-8-10-15(11-9-13)17(21)12-18-20(19(22)14(2)23-18)16-6-4-3-5-7-16/h3-12,14H,1-2H3/b18-12-. The second-order valence-corrected chi connectivity index (χ2v) is 6.84. The van der Waals surface area contributed by atoms with Gasteiger partial charge in [-0.15, -0.1) is 0 Å². The zero-order valence-electron chi connectivity index (χ0n) is 13.0. The molecule has 1 heterocycles. The van der Waals surface area contributed by atoms with E-state index in [0.29, 0.717) is 10.6 Å². The molecule has 0 radical (unpaired) electrons. The first-order valence-corrected chi connectivity index (χ1v) is 8.32. The molecule has 0 N–H and O–H groups in total. The summed E-state index contributed by atoms with van der Waals surface area (Å²) in [5.74, 6) is -0.0838.